The van der Waals surface area contributed by atoms with E-state index in [1.54, 1.807) is 6.20 Å². The first-order valence-electron chi connectivity index (χ1n) is 8.02. The number of halogens is 1. The second-order valence-electron chi connectivity index (χ2n) is 6.06. The summed E-state index contributed by atoms with van der Waals surface area (Å²) in [4.78, 5) is 17.3. The quantitative estimate of drug-likeness (QED) is 0.564. The van der Waals surface area contributed by atoms with Crippen molar-refractivity contribution < 1.29 is 9.18 Å². The van der Waals surface area contributed by atoms with E-state index in [4.69, 9.17) is 5.73 Å². The number of rotatable bonds is 3. The molecule has 5 heteroatoms. The Morgan fingerprint density at radius 1 is 1.12 bits per heavy atom. The van der Waals surface area contributed by atoms with Crippen molar-refractivity contribution in [2.45, 2.75) is 5.92 Å². The molecule has 1 atom stereocenters. The predicted octanol–water partition coefficient (Wildman–Crippen LogP) is 3.86. The van der Waals surface area contributed by atoms with E-state index in [9.17, 15) is 9.18 Å². The van der Waals surface area contributed by atoms with Crippen molar-refractivity contribution in [3.05, 3.63) is 77.7 Å². The van der Waals surface area contributed by atoms with Crippen molar-refractivity contribution in [1.29, 1.82) is 0 Å². The molecule has 4 nitrogen and oxygen atoms in total. The highest BCUT2D eigenvalue weighted by molar-refractivity contribution is 6.03. The minimum absolute atomic E-state index is 0.0183. The molecule has 1 unspecified atom stereocenters. The molecule has 0 saturated heterocycles. The van der Waals surface area contributed by atoms with Gasteiger partial charge >= 0.3 is 0 Å². The van der Waals surface area contributed by atoms with Gasteiger partial charge in [0.2, 0.25) is 0 Å². The predicted molar refractivity (Wildman–Crippen MR) is 96.0 cm³/mol. The van der Waals surface area contributed by atoms with Gasteiger partial charge in [-0.2, -0.15) is 0 Å². The number of hydrogen-bond acceptors (Lipinski definition) is 4. The molecule has 124 valence electrons. The molecule has 3 N–H and O–H groups in total. The zero-order chi connectivity index (χ0) is 17.4. The van der Waals surface area contributed by atoms with Crippen LogP contribution in [0.1, 0.15) is 21.8 Å². The fourth-order valence-corrected chi connectivity index (χ4v) is 3.15. The summed E-state index contributed by atoms with van der Waals surface area (Å²) in [5.74, 6) is -0.660. The van der Waals surface area contributed by atoms with E-state index in [1.807, 2.05) is 36.4 Å². The monoisotopic (exact) mass is 333 g/mol. The van der Waals surface area contributed by atoms with Gasteiger partial charge in [-0.05, 0) is 29.8 Å². The molecule has 1 aliphatic rings. The number of aromatic nitrogens is 1. The molecule has 0 saturated carbocycles. The summed E-state index contributed by atoms with van der Waals surface area (Å²) in [5, 5.41) is 3.13. The van der Waals surface area contributed by atoms with Crippen molar-refractivity contribution in [3.8, 4) is 11.1 Å². The average molecular weight is 333 g/mol. The van der Waals surface area contributed by atoms with Crippen LogP contribution in [-0.4, -0.2) is 17.3 Å². The van der Waals surface area contributed by atoms with E-state index in [0.29, 0.717) is 18.1 Å². The number of anilines is 2. The minimum atomic E-state index is -0.556. The molecule has 1 aliphatic heterocycles. The second kappa shape index (κ2) is 6.02. The largest absolute Gasteiger partial charge is 0.399 e. The first-order valence-corrected chi connectivity index (χ1v) is 8.02. The van der Waals surface area contributed by atoms with Crippen molar-refractivity contribution in [1.82, 2.24) is 4.98 Å². The maximum atomic E-state index is 14.1. The number of fused-ring (bicyclic) bond motifs is 1. The summed E-state index contributed by atoms with van der Waals surface area (Å²) in [5.41, 5.74) is 8.83. The van der Waals surface area contributed by atoms with Crippen LogP contribution in [0.3, 0.4) is 0 Å². The number of benzene rings is 2. The molecule has 0 aliphatic carbocycles. The molecule has 2 heterocycles. The number of pyridine rings is 1. The number of carbonyl (C=O) groups is 1. The van der Waals surface area contributed by atoms with Gasteiger partial charge in [-0.25, -0.2) is 9.37 Å². The summed E-state index contributed by atoms with van der Waals surface area (Å²) >= 11 is 0. The highest BCUT2D eigenvalue weighted by Crippen LogP contribution is 2.35. The fraction of sp³-hybridized carbons (Fsp3) is 0.100. The topological polar surface area (TPSA) is 68.0 Å². The molecular formula is C20H16FN3O. The maximum Gasteiger partial charge on any atom is 0.175 e. The zero-order valence-corrected chi connectivity index (χ0v) is 13.4. The molecule has 1 aromatic heterocycles. The van der Waals surface area contributed by atoms with E-state index in [0.717, 1.165) is 16.7 Å². The lowest BCUT2D eigenvalue weighted by molar-refractivity contribution is 0.0962. The number of nitrogens with zero attached hydrogens (tertiary/aromatic N) is 1. The summed E-state index contributed by atoms with van der Waals surface area (Å²) in [6, 6.07) is 15.8. The molecule has 4 rings (SSSR count). The number of Topliss-reactive ketones (excluding diaryl/α,β-unsaturated/α-hetero) is 1. The molecule has 0 spiro atoms. The van der Waals surface area contributed by atoms with E-state index in [1.165, 1.54) is 18.2 Å². The SMILES string of the molecule is Nc1ccc(F)c(C(=O)C2CNc3ncc(-c4ccccc4)cc32)c1. The van der Waals surface area contributed by atoms with Crippen LogP contribution in [0.15, 0.2) is 60.8 Å². The van der Waals surface area contributed by atoms with Crippen LogP contribution in [-0.2, 0) is 0 Å². The van der Waals surface area contributed by atoms with Gasteiger partial charge in [0.15, 0.2) is 5.78 Å². The summed E-state index contributed by atoms with van der Waals surface area (Å²) in [6.07, 6.45) is 1.77. The van der Waals surface area contributed by atoms with Crippen LogP contribution in [0.2, 0.25) is 0 Å². The lowest BCUT2D eigenvalue weighted by Gasteiger charge is -2.11. The number of nitrogens with two attached hydrogens (primary N) is 1. The average Bonchev–Trinajstić information content (AvgIpc) is 3.07. The number of carbonyl (C=O) groups excluding carboxylic acids is 1. The minimum Gasteiger partial charge on any atom is -0.399 e. The number of ketones is 1. The lowest BCUT2D eigenvalue weighted by atomic mass is 9.91. The first kappa shape index (κ1) is 15.3. The van der Waals surface area contributed by atoms with Crippen LogP contribution in [0.5, 0.6) is 0 Å². The highest BCUT2D eigenvalue weighted by atomic mass is 19.1. The Hall–Kier alpha value is -3.21. The Kier molecular flexibility index (Phi) is 3.69. The third-order valence-corrected chi connectivity index (χ3v) is 4.45. The molecule has 0 amide bonds. The zero-order valence-electron chi connectivity index (χ0n) is 13.4. The third kappa shape index (κ3) is 2.74. The van der Waals surface area contributed by atoms with E-state index in [-0.39, 0.29) is 11.3 Å². The van der Waals surface area contributed by atoms with E-state index >= 15 is 0 Å². The molecule has 2 aromatic carbocycles. The van der Waals surface area contributed by atoms with Gasteiger partial charge in [0.25, 0.3) is 0 Å². The standard InChI is InChI=1S/C20H16FN3O/c21-18-7-6-14(22)9-16(18)19(25)17-11-24-20-15(17)8-13(10-23-20)12-4-2-1-3-5-12/h1-10,17H,11,22H2,(H,23,24). The fourth-order valence-electron chi connectivity index (χ4n) is 3.15. The molecule has 3 aromatic rings. The Bertz CT molecular complexity index is 956. The van der Waals surface area contributed by atoms with E-state index < -0.39 is 11.7 Å². The Morgan fingerprint density at radius 3 is 2.72 bits per heavy atom. The number of nitrogens with one attached hydrogen (secondary N) is 1. The summed E-state index contributed by atoms with van der Waals surface area (Å²) in [6.45, 7) is 0.396. The van der Waals surface area contributed by atoms with Gasteiger partial charge in [0.1, 0.15) is 11.6 Å². The lowest BCUT2D eigenvalue weighted by Crippen LogP contribution is -2.16. The van der Waals surface area contributed by atoms with Crippen molar-refractivity contribution in [3.63, 3.8) is 0 Å². The van der Waals surface area contributed by atoms with Crippen LogP contribution in [0.4, 0.5) is 15.9 Å². The normalized spacial score (nSPS) is 15.5. The first-order chi connectivity index (χ1) is 12.1. The van der Waals surface area contributed by atoms with Gasteiger partial charge in [0.05, 0.1) is 11.5 Å². The molecule has 25 heavy (non-hydrogen) atoms. The van der Waals surface area contributed by atoms with Gasteiger partial charge in [-0.1, -0.05) is 30.3 Å². The highest BCUT2D eigenvalue weighted by Gasteiger charge is 2.32. The van der Waals surface area contributed by atoms with E-state index in [2.05, 4.69) is 10.3 Å². The van der Waals surface area contributed by atoms with Crippen LogP contribution in [0, 0.1) is 5.82 Å². The molecule has 0 fully saturated rings. The number of nitrogen functional groups attached to an aromatic ring is 1. The molecule has 0 radical (unpaired) electrons. The second-order valence-corrected chi connectivity index (χ2v) is 6.06. The van der Waals surface area contributed by atoms with Gasteiger partial charge in [-0.15, -0.1) is 0 Å². The van der Waals surface area contributed by atoms with Gasteiger partial charge in [0, 0.05) is 29.6 Å². The summed E-state index contributed by atoms with van der Waals surface area (Å²) in [7, 11) is 0. The van der Waals surface area contributed by atoms with Crippen LogP contribution < -0.4 is 11.1 Å². The molecule has 0 bridgehead atoms. The summed E-state index contributed by atoms with van der Waals surface area (Å²) < 4.78 is 14.1. The Labute approximate surface area is 144 Å². The smallest absolute Gasteiger partial charge is 0.175 e. The van der Waals surface area contributed by atoms with Gasteiger partial charge < -0.3 is 11.1 Å². The van der Waals surface area contributed by atoms with Gasteiger partial charge in [-0.3, -0.25) is 4.79 Å². The Morgan fingerprint density at radius 2 is 1.92 bits per heavy atom. The van der Waals surface area contributed by atoms with Crippen LogP contribution >= 0.6 is 0 Å². The molecular weight excluding hydrogens is 317 g/mol. The number of hydrogen-bond donors (Lipinski definition) is 2. The van der Waals surface area contributed by atoms with Crippen LogP contribution in [0.25, 0.3) is 11.1 Å². The maximum absolute atomic E-state index is 14.1. The van der Waals surface area contributed by atoms with Crippen molar-refractivity contribution in [2.24, 2.45) is 0 Å². The van der Waals surface area contributed by atoms with Crippen molar-refractivity contribution >= 4 is 17.3 Å². The third-order valence-electron chi connectivity index (χ3n) is 4.45. The van der Waals surface area contributed by atoms with Crippen molar-refractivity contribution in [2.75, 3.05) is 17.6 Å². The Balaban J connectivity index is 1.74.